The molecule has 0 bridgehead atoms. The normalized spacial score (nSPS) is 14.0. The number of hydrogen-bond donors (Lipinski definition) is 1. The van der Waals surface area contributed by atoms with Gasteiger partial charge in [0.25, 0.3) is 0 Å². The standard InChI is InChI=1S/C10H23NOS/c1-9(2)5-7-13(12)8-6-11-10(3)4/h9-11H,5-8H2,1-4H3. The maximum atomic E-state index is 11.4. The van der Waals surface area contributed by atoms with Gasteiger partial charge in [-0.1, -0.05) is 27.7 Å². The van der Waals surface area contributed by atoms with E-state index in [4.69, 9.17) is 0 Å². The maximum Gasteiger partial charge on any atom is 0.0360 e. The minimum absolute atomic E-state index is 0.502. The second kappa shape index (κ2) is 7.51. The highest BCUT2D eigenvalue weighted by Gasteiger charge is 2.01. The van der Waals surface area contributed by atoms with Gasteiger partial charge in [-0.2, -0.15) is 0 Å². The molecule has 80 valence electrons. The Labute approximate surface area is 84.9 Å². The molecule has 0 aliphatic rings. The second-order valence-electron chi connectivity index (χ2n) is 4.14. The minimum Gasteiger partial charge on any atom is -0.314 e. The summed E-state index contributed by atoms with van der Waals surface area (Å²) in [5, 5.41) is 3.27. The Kier molecular flexibility index (Phi) is 7.57. The highest BCUT2D eigenvalue weighted by molar-refractivity contribution is 7.84. The van der Waals surface area contributed by atoms with E-state index in [-0.39, 0.29) is 0 Å². The van der Waals surface area contributed by atoms with Gasteiger partial charge in [-0.05, 0) is 12.3 Å². The fourth-order valence-corrected chi connectivity index (χ4v) is 2.21. The Morgan fingerprint density at radius 2 is 1.77 bits per heavy atom. The molecule has 0 rings (SSSR count). The molecule has 0 fully saturated rings. The first-order valence-electron chi connectivity index (χ1n) is 5.10. The molecule has 1 atom stereocenters. The molecule has 0 aromatic heterocycles. The van der Waals surface area contributed by atoms with Gasteiger partial charge in [-0.3, -0.25) is 4.21 Å². The summed E-state index contributed by atoms with van der Waals surface area (Å²) in [6.45, 7) is 9.43. The number of hydrogen-bond acceptors (Lipinski definition) is 2. The van der Waals surface area contributed by atoms with Gasteiger partial charge in [0.05, 0.1) is 0 Å². The van der Waals surface area contributed by atoms with Crippen LogP contribution in [0.1, 0.15) is 34.1 Å². The lowest BCUT2D eigenvalue weighted by Crippen LogP contribution is -2.27. The fraction of sp³-hybridized carbons (Fsp3) is 1.00. The van der Waals surface area contributed by atoms with Crippen molar-refractivity contribution < 1.29 is 4.21 Å². The maximum absolute atomic E-state index is 11.4. The van der Waals surface area contributed by atoms with Crippen molar-refractivity contribution in [3.05, 3.63) is 0 Å². The summed E-state index contributed by atoms with van der Waals surface area (Å²) in [5.74, 6) is 2.32. The Bertz CT molecular complexity index is 146. The van der Waals surface area contributed by atoms with E-state index in [1.807, 2.05) is 0 Å². The lowest BCUT2D eigenvalue weighted by Gasteiger charge is -2.08. The van der Waals surface area contributed by atoms with Crippen LogP contribution in [0.25, 0.3) is 0 Å². The van der Waals surface area contributed by atoms with E-state index in [1.54, 1.807) is 0 Å². The third-order valence-electron chi connectivity index (χ3n) is 1.81. The van der Waals surface area contributed by atoms with E-state index < -0.39 is 10.8 Å². The van der Waals surface area contributed by atoms with Crippen LogP contribution in [-0.2, 0) is 10.8 Å². The molecule has 0 amide bonds. The molecule has 1 N–H and O–H groups in total. The van der Waals surface area contributed by atoms with Crippen LogP contribution in [0.4, 0.5) is 0 Å². The molecule has 0 aliphatic heterocycles. The molecule has 2 nitrogen and oxygen atoms in total. The predicted molar refractivity (Wildman–Crippen MR) is 60.5 cm³/mol. The van der Waals surface area contributed by atoms with Crippen molar-refractivity contribution in [3.63, 3.8) is 0 Å². The van der Waals surface area contributed by atoms with Gasteiger partial charge < -0.3 is 5.32 Å². The first-order valence-corrected chi connectivity index (χ1v) is 6.59. The molecular formula is C10H23NOS. The van der Waals surface area contributed by atoms with Crippen molar-refractivity contribution in [2.75, 3.05) is 18.1 Å². The molecule has 13 heavy (non-hydrogen) atoms. The molecule has 0 heterocycles. The molecule has 0 aromatic carbocycles. The van der Waals surface area contributed by atoms with Crippen LogP contribution in [-0.4, -0.2) is 28.3 Å². The molecular weight excluding hydrogens is 182 g/mol. The molecule has 0 aliphatic carbocycles. The quantitative estimate of drug-likeness (QED) is 0.686. The topological polar surface area (TPSA) is 29.1 Å². The summed E-state index contributed by atoms with van der Waals surface area (Å²) in [4.78, 5) is 0. The van der Waals surface area contributed by atoms with E-state index in [9.17, 15) is 4.21 Å². The van der Waals surface area contributed by atoms with Crippen LogP contribution in [0.2, 0.25) is 0 Å². The van der Waals surface area contributed by atoms with Crippen molar-refractivity contribution in [1.29, 1.82) is 0 Å². The largest absolute Gasteiger partial charge is 0.314 e. The number of rotatable bonds is 7. The van der Waals surface area contributed by atoms with Crippen LogP contribution in [0.3, 0.4) is 0 Å². The Morgan fingerprint density at radius 3 is 2.23 bits per heavy atom. The van der Waals surface area contributed by atoms with Gasteiger partial charge in [-0.15, -0.1) is 0 Å². The summed E-state index contributed by atoms with van der Waals surface area (Å²) >= 11 is 0. The van der Waals surface area contributed by atoms with Gasteiger partial charge in [-0.25, -0.2) is 0 Å². The molecule has 0 spiro atoms. The SMILES string of the molecule is CC(C)CCS(=O)CCNC(C)C. The lowest BCUT2D eigenvalue weighted by molar-refractivity contribution is 0.602. The second-order valence-corrected chi connectivity index (χ2v) is 5.84. The molecule has 3 heteroatoms. The van der Waals surface area contributed by atoms with Crippen LogP contribution in [0.15, 0.2) is 0 Å². The summed E-state index contributed by atoms with van der Waals surface area (Å²) in [7, 11) is -0.620. The summed E-state index contributed by atoms with van der Waals surface area (Å²) in [6, 6.07) is 0.502. The zero-order chi connectivity index (χ0) is 10.3. The molecule has 1 unspecified atom stereocenters. The highest BCUT2D eigenvalue weighted by Crippen LogP contribution is 2.00. The van der Waals surface area contributed by atoms with Crippen LogP contribution >= 0.6 is 0 Å². The first-order chi connectivity index (χ1) is 6.02. The monoisotopic (exact) mass is 205 g/mol. The first kappa shape index (κ1) is 13.1. The van der Waals surface area contributed by atoms with Gasteiger partial charge in [0.2, 0.25) is 0 Å². The van der Waals surface area contributed by atoms with Crippen molar-refractivity contribution >= 4 is 10.8 Å². The zero-order valence-corrected chi connectivity index (χ0v) is 10.1. The van der Waals surface area contributed by atoms with Gasteiger partial charge in [0.15, 0.2) is 0 Å². The Morgan fingerprint density at radius 1 is 1.15 bits per heavy atom. The van der Waals surface area contributed by atoms with Crippen molar-refractivity contribution in [1.82, 2.24) is 5.32 Å². The van der Waals surface area contributed by atoms with Crippen molar-refractivity contribution in [3.8, 4) is 0 Å². The highest BCUT2D eigenvalue weighted by atomic mass is 32.2. The van der Waals surface area contributed by atoms with Crippen LogP contribution in [0, 0.1) is 5.92 Å². The fourth-order valence-electron chi connectivity index (χ4n) is 0.931. The average molecular weight is 205 g/mol. The van der Waals surface area contributed by atoms with E-state index in [2.05, 4.69) is 33.0 Å². The summed E-state index contributed by atoms with van der Waals surface area (Å²) < 4.78 is 11.4. The van der Waals surface area contributed by atoms with E-state index in [1.165, 1.54) is 0 Å². The lowest BCUT2D eigenvalue weighted by atomic mass is 10.2. The smallest absolute Gasteiger partial charge is 0.0360 e. The summed E-state index contributed by atoms with van der Waals surface area (Å²) in [6.07, 6.45) is 1.08. The molecule has 0 saturated carbocycles. The number of nitrogens with one attached hydrogen (secondary N) is 1. The third-order valence-corrected chi connectivity index (χ3v) is 3.16. The van der Waals surface area contributed by atoms with E-state index >= 15 is 0 Å². The Balaban J connectivity index is 3.30. The molecule has 0 saturated heterocycles. The Hall–Kier alpha value is 0.110. The van der Waals surface area contributed by atoms with Gasteiger partial charge in [0, 0.05) is 34.9 Å². The predicted octanol–water partition coefficient (Wildman–Crippen LogP) is 1.78. The third kappa shape index (κ3) is 10.0. The molecule has 0 radical (unpaired) electrons. The minimum atomic E-state index is -0.620. The van der Waals surface area contributed by atoms with Gasteiger partial charge >= 0.3 is 0 Å². The van der Waals surface area contributed by atoms with Crippen molar-refractivity contribution in [2.45, 2.75) is 40.2 Å². The molecule has 0 aromatic rings. The van der Waals surface area contributed by atoms with E-state index in [0.29, 0.717) is 12.0 Å². The average Bonchev–Trinajstić information content (AvgIpc) is 2.00. The van der Waals surface area contributed by atoms with Crippen LogP contribution < -0.4 is 5.32 Å². The van der Waals surface area contributed by atoms with Crippen LogP contribution in [0.5, 0.6) is 0 Å². The summed E-state index contributed by atoms with van der Waals surface area (Å²) in [5.41, 5.74) is 0. The zero-order valence-electron chi connectivity index (χ0n) is 9.30. The van der Waals surface area contributed by atoms with Gasteiger partial charge in [0.1, 0.15) is 0 Å². The van der Waals surface area contributed by atoms with E-state index in [0.717, 1.165) is 24.5 Å². The van der Waals surface area contributed by atoms with Crippen molar-refractivity contribution in [2.24, 2.45) is 5.92 Å².